The SMILES string of the molecule is COC(=O)c1cc2[nH]c(=O)c(=N)n(C(=N)c3sccc3C)c2cc1C. The van der Waals surface area contributed by atoms with Gasteiger partial charge in [-0.05, 0) is 48.6 Å². The maximum Gasteiger partial charge on any atom is 0.338 e. The Kier molecular flexibility index (Phi) is 4.13. The minimum Gasteiger partial charge on any atom is -0.465 e. The second-order valence-electron chi connectivity index (χ2n) is 5.60. The van der Waals surface area contributed by atoms with Crippen LogP contribution in [0, 0.1) is 24.7 Å². The van der Waals surface area contributed by atoms with Crippen molar-refractivity contribution in [1.29, 1.82) is 10.8 Å². The number of rotatable bonds is 2. The number of benzene rings is 1. The number of esters is 1. The first-order valence-corrected chi connectivity index (χ1v) is 8.29. The van der Waals surface area contributed by atoms with Crippen LogP contribution in [0.4, 0.5) is 0 Å². The summed E-state index contributed by atoms with van der Waals surface area (Å²) in [5.74, 6) is -0.454. The van der Waals surface area contributed by atoms with E-state index in [1.165, 1.54) is 29.1 Å². The van der Waals surface area contributed by atoms with Crippen molar-refractivity contribution in [3.05, 3.63) is 61.0 Å². The molecule has 3 rings (SSSR count). The van der Waals surface area contributed by atoms with Gasteiger partial charge < -0.3 is 9.72 Å². The third-order valence-electron chi connectivity index (χ3n) is 3.98. The lowest BCUT2D eigenvalue weighted by molar-refractivity contribution is 0.0600. The molecule has 0 aliphatic carbocycles. The number of carbonyl (C=O) groups is 1. The first kappa shape index (κ1) is 16.8. The predicted molar refractivity (Wildman–Crippen MR) is 95.8 cm³/mol. The first-order chi connectivity index (χ1) is 11.8. The Balaban J connectivity index is 2.37. The number of aryl methyl sites for hydroxylation is 2. The van der Waals surface area contributed by atoms with E-state index >= 15 is 0 Å². The van der Waals surface area contributed by atoms with Crippen molar-refractivity contribution in [3.63, 3.8) is 0 Å². The Morgan fingerprint density at radius 1 is 1.28 bits per heavy atom. The first-order valence-electron chi connectivity index (χ1n) is 7.41. The number of aromatic nitrogens is 2. The molecular formula is C17H16N4O3S. The van der Waals surface area contributed by atoms with Crippen molar-refractivity contribution in [1.82, 2.24) is 9.55 Å². The molecule has 0 saturated heterocycles. The van der Waals surface area contributed by atoms with Crippen LogP contribution >= 0.6 is 11.3 Å². The molecule has 0 bridgehead atoms. The fourth-order valence-electron chi connectivity index (χ4n) is 2.66. The van der Waals surface area contributed by atoms with Gasteiger partial charge in [0.1, 0.15) is 5.84 Å². The topological polar surface area (TPSA) is 112 Å². The Morgan fingerprint density at radius 2 is 2.00 bits per heavy atom. The van der Waals surface area contributed by atoms with Gasteiger partial charge in [-0.1, -0.05) is 0 Å². The summed E-state index contributed by atoms with van der Waals surface area (Å²) in [6, 6.07) is 5.07. The largest absolute Gasteiger partial charge is 0.465 e. The lowest BCUT2D eigenvalue weighted by Crippen LogP contribution is -2.40. The van der Waals surface area contributed by atoms with Crippen LogP contribution in [0.25, 0.3) is 11.0 Å². The van der Waals surface area contributed by atoms with Gasteiger partial charge in [0.15, 0.2) is 5.49 Å². The molecule has 0 aliphatic heterocycles. The molecule has 0 fully saturated rings. The Bertz CT molecular complexity index is 1140. The van der Waals surface area contributed by atoms with Crippen molar-refractivity contribution in [2.24, 2.45) is 0 Å². The van der Waals surface area contributed by atoms with Crippen molar-refractivity contribution in [2.45, 2.75) is 13.8 Å². The lowest BCUT2D eigenvalue weighted by Gasteiger charge is -2.14. The normalized spacial score (nSPS) is 10.8. The summed E-state index contributed by atoms with van der Waals surface area (Å²) in [5, 5.41) is 18.5. The van der Waals surface area contributed by atoms with E-state index < -0.39 is 11.5 Å². The average molecular weight is 356 g/mol. The fraction of sp³-hybridized carbons (Fsp3) is 0.176. The maximum atomic E-state index is 12.2. The van der Waals surface area contributed by atoms with Crippen LogP contribution in [0.1, 0.15) is 26.4 Å². The molecule has 3 aromatic rings. The van der Waals surface area contributed by atoms with Crippen LogP contribution in [0.2, 0.25) is 0 Å². The molecule has 25 heavy (non-hydrogen) atoms. The van der Waals surface area contributed by atoms with Gasteiger partial charge in [0.05, 0.1) is 28.6 Å². The zero-order valence-corrected chi connectivity index (χ0v) is 14.7. The number of nitrogens with zero attached hydrogens (tertiary/aromatic N) is 1. The minimum absolute atomic E-state index is 0.0545. The van der Waals surface area contributed by atoms with Crippen LogP contribution < -0.4 is 11.0 Å². The minimum atomic E-state index is -0.633. The number of carbonyl (C=O) groups excluding carboxylic acids is 1. The van der Waals surface area contributed by atoms with Crippen LogP contribution in [0.5, 0.6) is 0 Å². The molecule has 3 N–H and O–H groups in total. The molecule has 2 aromatic heterocycles. The van der Waals surface area contributed by atoms with Gasteiger partial charge in [-0.15, -0.1) is 11.3 Å². The summed E-state index contributed by atoms with van der Waals surface area (Å²) in [7, 11) is 1.29. The summed E-state index contributed by atoms with van der Waals surface area (Å²) in [4.78, 5) is 27.3. The van der Waals surface area contributed by atoms with E-state index in [1.807, 2.05) is 18.4 Å². The number of methoxy groups -OCH3 is 1. The van der Waals surface area contributed by atoms with Gasteiger partial charge in [0.25, 0.3) is 5.56 Å². The van der Waals surface area contributed by atoms with Crippen molar-refractivity contribution < 1.29 is 9.53 Å². The summed E-state index contributed by atoms with van der Waals surface area (Å²) in [5.41, 5.74) is 1.74. The lowest BCUT2D eigenvalue weighted by atomic mass is 10.1. The van der Waals surface area contributed by atoms with Crippen molar-refractivity contribution >= 4 is 34.2 Å². The van der Waals surface area contributed by atoms with Gasteiger partial charge in [-0.3, -0.25) is 20.2 Å². The molecule has 2 heterocycles. The third kappa shape index (κ3) is 2.70. The zero-order valence-electron chi connectivity index (χ0n) is 13.9. The molecule has 128 valence electrons. The molecule has 0 amide bonds. The van der Waals surface area contributed by atoms with Crippen LogP contribution in [-0.2, 0) is 4.74 Å². The summed E-state index contributed by atoms with van der Waals surface area (Å²) in [6.45, 7) is 3.62. The number of ether oxygens (including phenoxy) is 1. The molecule has 0 spiro atoms. The van der Waals surface area contributed by atoms with Crippen molar-refractivity contribution in [3.8, 4) is 0 Å². The Morgan fingerprint density at radius 3 is 2.60 bits per heavy atom. The second kappa shape index (κ2) is 6.14. The van der Waals surface area contributed by atoms with Gasteiger partial charge in [-0.25, -0.2) is 4.79 Å². The van der Waals surface area contributed by atoms with Gasteiger partial charge in [0.2, 0.25) is 0 Å². The van der Waals surface area contributed by atoms with Gasteiger partial charge >= 0.3 is 5.97 Å². The molecule has 8 heteroatoms. The number of hydrogen-bond acceptors (Lipinski definition) is 6. The highest BCUT2D eigenvalue weighted by Crippen LogP contribution is 2.21. The van der Waals surface area contributed by atoms with E-state index in [4.69, 9.17) is 15.6 Å². The van der Waals surface area contributed by atoms with E-state index in [0.717, 1.165) is 5.56 Å². The number of H-pyrrole nitrogens is 1. The Hall–Kier alpha value is -3.00. The summed E-state index contributed by atoms with van der Waals surface area (Å²) < 4.78 is 6.05. The highest BCUT2D eigenvalue weighted by Gasteiger charge is 2.17. The number of aromatic amines is 1. The third-order valence-corrected chi connectivity index (χ3v) is 5.00. The standard InChI is InChI=1S/C17H16N4O3S/c1-8-4-5-25-13(8)14(18)21-12-6-9(2)10(17(23)24-3)7-11(12)20-16(22)15(21)19/h4-7,18-19H,1-3H3,(H,20,22). The monoisotopic (exact) mass is 356 g/mol. The van der Waals surface area contributed by atoms with E-state index in [1.54, 1.807) is 13.0 Å². The molecule has 0 unspecified atom stereocenters. The van der Waals surface area contributed by atoms with Gasteiger partial charge in [-0.2, -0.15) is 0 Å². The number of thiophene rings is 1. The molecule has 1 aromatic carbocycles. The fourth-order valence-corrected chi connectivity index (χ4v) is 3.53. The van der Waals surface area contributed by atoms with Gasteiger partial charge in [0, 0.05) is 0 Å². The quantitative estimate of drug-likeness (QED) is 0.371. The van der Waals surface area contributed by atoms with E-state index in [0.29, 0.717) is 27.0 Å². The van der Waals surface area contributed by atoms with Crippen LogP contribution in [0.3, 0.4) is 0 Å². The average Bonchev–Trinajstić information content (AvgIpc) is 3.01. The molecule has 0 aliphatic rings. The predicted octanol–water partition coefficient (Wildman–Crippen LogP) is 2.15. The number of fused-ring (bicyclic) bond motifs is 1. The number of nitrogens with one attached hydrogen (secondary N) is 3. The molecule has 0 atom stereocenters. The van der Waals surface area contributed by atoms with E-state index in [9.17, 15) is 9.59 Å². The number of hydrogen-bond donors (Lipinski definition) is 3. The highest BCUT2D eigenvalue weighted by atomic mass is 32.1. The smallest absolute Gasteiger partial charge is 0.338 e. The van der Waals surface area contributed by atoms with Crippen molar-refractivity contribution in [2.75, 3.05) is 7.11 Å². The molecular weight excluding hydrogens is 340 g/mol. The van der Waals surface area contributed by atoms with E-state index in [-0.39, 0.29) is 11.3 Å². The van der Waals surface area contributed by atoms with Crippen LogP contribution in [-0.4, -0.2) is 28.5 Å². The summed E-state index contributed by atoms with van der Waals surface area (Å²) in [6.07, 6.45) is 0. The molecule has 0 saturated carbocycles. The molecule has 7 nitrogen and oxygen atoms in total. The second-order valence-corrected chi connectivity index (χ2v) is 6.51. The molecule has 0 radical (unpaired) electrons. The summed E-state index contributed by atoms with van der Waals surface area (Å²) >= 11 is 1.38. The van der Waals surface area contributed by atoms with E-state index in [2.05, 4.69) is 4.98 Å². The maximum absolute atomic E-state index is 12.2. The highest BCUT2D eigenvalue weighted by molar-refractivity contribution is 7.12. The zero-order chi connectivity index (χ0) is 18.3. The Labute approximate surface area is 146 Å². The van der Waals surface area contributed by atoms with Crippen LogP contribution in [0.15, 0.2) is 28.4 Å².